The molecule has 0 bridgehead atoms. The van der Waals surface area contributed by atoms with Gasteiger partial charge in [0, 0.05) is 25.2 Å². The van der Waals surface area contributed by atoms with Crippen molar-refractivity contribution in [2.24, 2.45) is 0 Å². The minimum absolute atomic E-state index is 0.0437. The van der Waals surface area contributed by atoms with E-state index in [1.165, 1.54) is 19.2 Å². The molecule has 98 valence electrons. The number of likely N-dealkylation sites (N-methyl/N-ethyl adjacent to an activating group) is 1. The second kappa shape index (κ2) is 6.06. The van der Waals surface area contributed by atoms with Gasteiger partial charge in [0.15, 0.2) is 0 Å². The first-order valence-electron chi connectivity index (χ1n) is 5.34. The molecule has 1 amide bonds. The minimum Gasteiger partial charge on any atom is -0.358 e. The van der Waals surface area contributed by atoms with E-state index in [0.717, 1.165) is 6.07 Å². The van der Waals surface area contributed by atoms with E-state index < -0.39 is 22.5 Å². The third kappa shape index (κ3) is 3.24. The van der Waals surface area contributed by atoms with E-state index in [-0.39, 0.29) is 18.0 Å². The lowest BCUT2D eigenvalue weighted by atomic mass is 10.1. The maximum absolute atomic E-state index is 13.7. The van der Waals surface area contributed by atoms with Crippen LogP contribution in [0.15, 0.2) is 18.2 Å². The number of nitro groups is 1. The third-order valence-corrected chi connectivity index (χ3v) is 2.49. The number of carbonyl (C=O) groups is 1. The first kappa shape index (κ1) is 14.0. The fourth-order valence-electron chi connectivity index (χ4n) is 1.42. The van der Waals surface area contributed by atoms with Crippen LogP contribution < -0.4 is 10.6 Å². The summed E-state index contributed by atoms with van der Waals surface area (Å²) in [5.74, 6) is -1.11. The van der Waals surface area contributed by atoms with Crippen molar-refractivity contribution < 1.29 is 14.1 Å². The van der Waals surface area contributed by atoms with E-state index in [1.807, 2.05) is 0 Å². The molecule has 0 aliphatic carbocycles. The van der Waals surface area contributed by atoms with Crippen LogP contribution in [0.2, 0.25) is 0 Å². The average molecular weight is 255 g/mol. The molecule has 0 aliphatic heterocycles. The fourth-order valence-corrected chi connectivity index (χ4v) is 1.42. The average Bonchev–Trinajstić information content (AvgIpc) is 2.35. The molecule has 1 unspecified atom stereocenters. The molecule has 0 saturated heterocycles. The van der Waals surface area contributed by atoms with Crippen LogP contribution >= 0.6 is 0 Å². The first-order chi connectivity index (χ1) is 8.47. The van der Waals surface area contributed by atoms with Gasteiger partial charge in [-0.25, -0.2) is 0 Å². The van der Waals surface area contributed by atoms with Crippen molar-refractivity contribution in [3.05, 3.63) is 39.7 Å². The van der Waals surface area contributed by atoms with E-state index >= 15 is 0 Å². The Hall–Kier alpha value is -2.02. The number of nitro benzene ring substituents is 1. The van der Waals surface area contributed by atoms with Gasteiger partial charge in [0.25, 0.3) is 0 Å². The topological polar surface area (TPSA) is 84.3 Å². The van der Waals surface area contributed by atoms with E-state index in [4.69, 9.17) is 0 Å². The van der Waals surface area contributed by atoms with Crippen LogP contribution in [-0.4, -0.2) is 23.9 Å². The molecule has 2 N–H and O–H groups in total. The Kier molecular flexibility index (Phi) is 4.73. The van der Waals surface area contributed by atoms with Gasteiger partial charge in [-0.3, -0.25) is 14.9 Å². The normalized spacial score (nSPS) is 11.9. The first-order valence-corrected chi connectivity index (χ1v) is 5.34. The Morgan fingerprint density at radius 2 is 2.22 bits per heavy atom. The lowest BCUT2D eigenvalue weighted by molar-refractivity contribution is -0.387. The van der Waals surface area contributed by atoms with Crippen molar-refractivity contribution in [1.29, 1.82) is 0 Å². The highest BCUT2D eigenvalue weighted by molar-refractivity contribution is 5.80. The van der Waals surface area contributed by atoms with Gasteiger partial charge >= 0.3 is 5.69 Å². The van der Waals surface area contributed by atoms with Crippen LogP contribution in [0, 0.1) is 15.9 Å². The summed E-state index contributed by atoms with van der Waals surface area (Å²) in [6, 6.07) is 3.43. The SMILES string of the molecule is CNC(=O)C(C)NCc1cccc([N+](=O)[O-])c1F. The van der Waals surface area contributed by atoms with Gasteiger partial charge in [-0.2, -0.15) is 4.39 Å². The Balaban J connectivity index is 2.77. The number of nitrogens with one attached hydrogen (secondary N) is 2. The Morgan fingerprint density at radius 1 is 1.56 bits per heavy atom. The van der Waals surface area contributed by atoms with E-state index in [2.05, 4.69) is 10.6 Å². The highest BCUT2D eigenvalue weighted by atomic mass is 19.1. The zero-order valence-corrected chi connectivity index (χ0v) is 10.1. The molecule has 6 nitrogen and oxygen atoms in total. The van der Waals surface area contributed by atoms with Gasteiger partial charge in [0.2, 0.25) is 11.7 Å². The predicted molar refractivity (Wildman–Crippen MR) is 63.4 cm³/mol. The molecule has 0 aromatic heterocycles. The molecule has 0 heterocycles. The molecule has 0 saturated carbocycles. The van der Waals surface area contributed by atoms with Gasteiger partial charge in [-0.05, 0) is 6.92 Å². The Bertz CT molecular complexity index is 465. The summed E-state index contributed by atoms with van der Waals surface area (Å²) >= 11 is 0. The number of carbonyl (C=O) groups excluding carboxylic acids is 1. The summed E-state index contributed by atoms with van der Waals surface area (Å²) in [5.41, 5.74) is -0.415. The molecular formula is C11H14FN3O3. The van der Waals surface area contributed by atoms with Crippen molar-refractivity contribution in [2.45, 2.75) is 19.5 Å². The number of rotatable bonds is 5. The number of amides is 1. The Morgan fingerprint density at radius 3 is 2.78 bits per heavy atom. The van der Waals surface area contributed by atoms with Crippen LogP contribution in [-0.2, 0) is 11.3 Å². The second-order valence-electron chi connectivity index (χ2n) is 3.72. The van der Waals surface area contributed by atoms with Crippen molar-refractivity contribution in [2.75, 3.05) is 7.05 Å². The van der Waals surface area contributed by atoms with E-state index in [9.17, 15) is 19.3 Å². The van der Waals surface area contributed by atoms with Gasteiger partial charge < -0.3 is 10.6 Å². The molecule has 1 atom stereocenters. The predicted octanol–water partition coefficient (Wildman–Crippen LogP) is 0.958. The van der Waals surface area contributed by atoms with Crippen LogP contribution in [0.4, 0.5) is 10.1 Å². The van der Waals surface area contributed by atoms with Crippen molar-refractivity contribution in [3.63, 3.8) is 0 Å². The van der Waals surface area contributed by atoms with Gasteiger partial charge in [-0.15, -0.1) is 0 Å². The molecule has 1 aromatic rings. The lowest BCUT2D eigenvalue weighted by Gasteiger charge is -2.12. The van der Waals surface area contributed by atoms with Crippen LogP contribution in [0.25, 0.3) is 0 Å². The molecule has 0 spiro atoms. The van der Waals surface area contributed by atoms with Crippen LogP contribution in [0.5, 0.6) is 0 Å². The lowest BCUT2D eigenvalue weighted by Crippen LogP contribution is -2.40. The zero-order chi connectivity index (χ0) is 13.7. The zero-order valence-electron chi connectivity index (χ0n) is 10.1. The second-order valence-corrected chi connectivity index (χ2v) is 3.72. The molecular weight excluding hydrogens is 241 g/mol. The Labute approximate surface area is 103 Å². The van der Waals surface area contributed by atoms with Crippen LogP contribution in [0.1, 0.15) is 12.5 Å². The summed E-state index contributed by atoms with van der Waals surface area (Å²) in [6.07, 6.45) is 0. The summed E-state index contributed by atoms with van der Waals surface area (Å²) in [4.78, 5) is 21.0. The van der Waals surface area contributed by atoms with Gasteiger partial charge in [-0.1, -0.05) is 12.1 Å². The minimum atomic E-state index is -0.876. The summed E-state index contributed by atoms with van der Waals surface area (Å²) in [6.45, 7) is 1.66. The summed E-state index contributed by atoms with van der Waals surface area (Å²) in [5, 5.41) is 15.8. The maximum atomic E-state index is 13.7. The quantitative estimate of drug-likeness (QED) is 0.606. The van der Waals surface area contributed by atoms with E-state index in [1.54, 1.807) is 6.92 Å². The maximum Gasteiger partial charge on any atom is 0.305 e. The number of hydrogen-bond donors (Lipinski definition) is 2. The molecule has 0 fully saturated rings. The summed E-state index contributed by atoms with van der Waals surface area (Å²) < 4.78 is 13.7. The number of nitrogens with zero attached hydrogens (tertiary/aromatic N) is 1. The fraction of sp³-hybridized carbons (Fsp3) is 0.364. The number of benzene rings is 1. The molecule has 0 aliphatic rings. The van der Waals surface area contributed by atoms with Crippen LogP contribution in [0.3, 0.4) is 0 Å². The van der Waals surface area contributed by atoms with Crippen molar-refractivity contribution >= 4 is 11.6 Å². The monoisotopic (exact) mass is 255 g/mol. The summed E-state index contributed by atoms with van der Waals surface area (Å²) in [7, 11) is 1.49. The number of hydrogen-bond acceptors (Lipinski definition) is 4. The molecule has 0 radical (unpaired) electrons. The highest BCUT2D eigenvalue weighted by Crippen LogP contribution is 2.19. The van der Waals surface area contributed by atoms with E-state index in [0.29, 0.717) is 0 Å². The number of halogens is 1. The standard InChI is InChI=1S/C11H14FN3O3/c1-7(11(16)13-2)14-6-8-4-3-5-9(10(8)12)15(17)18/h3-5,7,14H,6H2,1-2H3,(H,13,16). The molecule has 1 aromatic carbocycles. The van der Waals surface area contributed by atoms with Gasteiger partial charge in [0.05, 0.1) is 11.0 Å². The van der Waals surface area contributed by atoms with Crippen molar-refractivity contribution in [1.82, 2.24) is 10.6 Å². The largest absolute Gasteiger partial charge is 0.358 e. The van der Waals surface area contributed by atoms with Crippen molar-refractivity contribution in [3.8, 4) is 0 Å². The smallest absolute Gasteiger partial charge is 0.305 e. The highest BCUT2D eigenvalue weighted by Gasteiger charge is 2.18. The van der Waals surface area contributed by atoms with Gasteiger partial charge in [0.1, 0.15) is 0 Å². The molecule has 18 heavy (non-hydrogen) atoms. The third-order valence-electron chi connectivity index (χ3n) is 2.49. The molecule has 1 rings (SSSR count). The molecule has 7 heteroatoms.